The van der Waals surface area contributed by atoms with E-state index in [0.717, 1.165) is 6.07 Å². The maximum absolute atomic E-state index is 13.4. The maximum Gasteiger partial charge on any atom is 0.501 e. The Morgan fingerprint density at radius 1 is 0.679 bits per heavy atom. The normalized spacial score (nSPS) is 12.5. The van der Waals surface area contributed by atoms with Gasteiger partial charge in [0.05, 0.1) is 4.90 Å². The summed E-state index contributed by atoms with van der Waals surface area (Å²) in [6.45, 7) is 0. The topological polar surface area (TPSA) is 54.4 Å². The number of hydrogen-bond donors (Lipinski definition) is 1. The van der Waals surface area contributed by atoms with Gasteiger partial charge in [0.2, 0.25) is 0 Å². The lowest BCUT2D eigenvalue weighted by molar-refractivity contribution is -0.0435. The number of halogens is 3. The van der Waals surface area contributed by atoms with Crippen molar-refractivity contribution in [1.29, 1.82) is 0 Å². The van der Waals surface area contributed by atoms with Crippen LogP contribution in [0.2, 0.25) is 0 Å². The number of rotatable bonds is 2. The molecule has 28 heavy (non-hydrogen) atoms. The predicted molar refractivity (Wildman–Crippen MR) is 102 cm³/mol. The fourth-order valence-corrected chi connectivity index (χ4v) is 4.36. The molecule has 3 nitrogen and oxygen atoms in total. The Labute approximate surface area is 158 Å². The standard InChI is InChI=1S/C21H13F3O3S/c22-21(23,24)28(26,27)18-12-10-14-6-2-4-8-16(14)20(18)19-15-7-3-1-5-13(15)9-11-17(19)25/h1-12,25H. The molecule has 4 aromatic rings. The van der Waals surface area contributed by atoms with Gasteiger partial charge < -0.3 is 5.11 Å². The highest BCUT2D eigenvalue weighted by molar-refractivity contribution is 7.92. The Hall–Kier alpha value is -3.06. The minimum Gasteiger partial charge on any atom is -0.507 e. The molecular weight excluding hydrogens is 389 g/mol. The molecule has 0 aliphatic heterocycles. The van der Waals surface area contributed by atoms with Crippen LogP contribution in [0.1, 0.15) is 0 Å². The number of benzene rings is 4. The summed E-state index contributed by atoms with van der Waals surface area (Å²) < 4.78 is 64.8. The lowest BCUT2D eigenvalue weighted by Crippen LogP contribution is -2.24. The highest BCUT2D eigenvalue weighted by Crippen LogP contribution is 2.45. The van der Waals surface area contributed by atoms with Gasteiger partial charge >= 0.3 is 5.51 Å². The van der Waals surface area contributed by atoms with Crippen molar-refractivity contribution in [3.63, 3.8) is 0 Å². The summed E-state index contributed by atoms with van der Waals surface area (Å²) in [5.74, 6) is -0.298. The molecule has 0 bridgehead atoms. The second kappa shape index (κ2) is 6.24. The number of phenolic OH excluding ortho intramolecular Hbond substituents is 1. The van der Waals surface area contributed by atoms with Crippen molar-refractivity contribution in [2.24, 2.45) is 0 Å². The van der Waals surface area contributed by atoms with E-state index in [2.05, 4.69) is 0 Å². The molecule has 0 unspecified atom stereocenters. The SMILES string of the molecule is O=S(=O)(c1ccc2ccccc2c1-c1c(O)ccc2ccccc12)C(F)(F)F. The fraction of sp³-hybridized carbons (Fsp3) is 0.0476. The lowest BCUT2D eigenvalue weighted by Gasteiger charge is -2.18. The molecule has 0 radical (unpaired) electrons. The largest absolute Gasteiger partial charge is 0.507 e. The molecule has 0 atom stereocenters. The molecule has 142 valence electrons. The molecule has 7 heteroatoms. The third-order valence-corrected chi connectivity index (χ3v) is 6.17. The van der Waals surface area contributed by atoms with E-state index in [0.29, 0.717) is 21.5 Å². The van der Waals surface area contributed by atoms with E-state index in [1.807, 2.05) is 0 Å². The number of sulfone groups is 1. The summed E-state index contributed by atoms with van der Waals surface area (Å²) in [4.78, 5) is -0.884. The van der Waals surface area contributed by atoms with Gasteiger partial charge in [0.1, 0.15) is 5.75 Å². The Balaban J connectivity index is 2.25. The molecule has 1 N–H and O–H groups in total. The second-order valence-electron chi connectivity index (χ2n) is 6.29. The van der Waals surface area contributed by atoms with Crippen LogP contribution in [-0.2, 0) is 9.84 Å². The smallest absolute Gasteiger partial charge is 0.501 e. The first-order valence-corrected chi connectivity index (χ1v) is 9.74. The molecule has 4 aromatic carbocycles. The van der Waals surface area contributed by atoms with Crippen LogP contribution in [0.25, 0.3) is 32.7 Å². The third kappa shape index (κ3) is 2.70. The van der Waals surface area contributed by atoms with E-state index in [9.17, 15) is 26.7 Å². The first kappa shape index (κ1) is 18.3. The Kier molecular flexibility index (Phi) is 4.08. The highest BCUT2D eigenvalue weighted by atomic mass is 32.2. The number of phenols is 1. The summed E-state index contributed by atoms with van der Waals surface area (Å²) in [5.41, 5.74) is -5.58. The van der Waals surface area contributed by atoms with Crippen molar-refractivity contribution in [3.05, 3.63) is 72.8 Å². The van der Waals surface area contributed by atoms with Crippen molar-refractivity contribution < 1.29 is 26.7 Å². The van der Waals surface area contributed by atoms with Crippen LogP contribution in [-0.4, -0.2) is 19.0 Å². The van der Waals surface area contributed by atoms with Gasteiger partial charge in [-0.1, -0.05) is 60.7 Å². The van der Waals surface area contributed by atoms with E-state index < -0.39 is 20.2 Å². The minimum atomic E-state index is -5.64. The van der Waals surface area contributed by atoms with Gasteiger partial charge in [0.15, 0.2) is 0 Å². The fourth-order valence-electron chi connectivity index (χ4n) is 3.38. The van der Waals surface area contributed by atoms with E-state index in [4.69, 9.17) is 0 Å². The van der Waals surface area contributed by atoms with Crippen LogP contribution < -0.4 is 0 Å². The Morgan fingerprint density at radius 2 is 1.18 bits per heavy atom. The highest BCUT2D eigenvalue weighted by Gasteiger charge is 2.48. The van der Waals surface area contributed by atoms with Gasteiger partial charge in [-0.2, -0.15) is 13.2 Å². The maximum atomic E-state index is 13.4. The molecule has 0 aliphatic rings. The zero-order valence-corrected chi connectivity index (χ0v) is 15.1. The van der Waals surface area contributed by atoms with Gasteiger partial charge in [0, 0.05) is 11.1 Å². The van der Waals surface area contributed by atoms with E-state index >= 15 is 0 Å². The van der Waals surface area contributed by atoms with Crippen molar-refractivity contribution in [2.75, 3.05) is 0 Å². The van der Waals surface area contributed by atoms with Crippen LogP contribution >= 0.6 is 0 Å². The Bertz CT molecular complexity index is 1330. The summed E-state index contributed by atoms with van der Waals surface area (Å²) in [6.07, 6.45) is 0. The average molecular weight is 402 g/mol. The number of alkyl halides is 3. The summed E-state index contributed by atoms with van der Waals surface area (Å²) in [7, 11) is -5.64. The van der Waals surface area contributed by atoms with Crippen LogP contribution in [0, 0.1) is 0 Å². The molecule has 0 heterocycles. The lowest BCUT2D eigenvalue weighted by atomic mass is 9.93. The quantitative estimate of drug-likeness (QED) is 0.471. The zero-order valence-electron chi connectivity index (χ0n) is 14.2. The summed E-state index contributed by atoms with van der Waals surface area (Å²) in [5, 5.41) is 12.5. The Morgan fingerprint density at radius 3 is 1.75 bits per heavy atom. The van der Waals surface area contributed by atoms with Gasteiger partial charge in [-0.05, 0) is 33.7 Å². The predicted octanol–water partition coefficient (Wildman–Crippen LogP) is 5.66. The first-order valence-electron chi connectivity index (χ1n) is 8.26. The van der Waals surface area contributed by atoms with E-state index in [-0.39, 0.29) is 16.9 Å². The van der Waals surface area contributed by atoms with Gasteiger partial charge in [-0.25, -0.2) is 8.42 Å². The molecule has 0 saturated heterocycles. The summed E-state index contributed by atoms with van der Waals surface area (Å²) >= 11 is 0. The molecule has 0 saturated carbocycles. The number of hydrogen-bond acceptors (Lipinski definition) is 3. The molecule has 0 aliphatic carbocycles. The minimum absolute atomic E-state index is 0.0534. The number of fused-ring (bicyclic) bond motifs is 2. The van der Waals surface area contributed by atoms with E-state index in [1.165, 1.54) is 12.1 Å². The van der Waals surface area contributed by atoms with Gasteiger partial charge in [0.25, 0.3) is 9.84 Å². The molecular formula is C21H13F3O3S. The van der Waals surface area contributed by atoms with Crippen LogP contribution in [0.5, 0.6) is 5.75 Å². The molecule has 0 spiro atoms. The molecule has 0 aromatic heterocycles. The third-order valence-electron chi connectivity index (χ3n) is 4.64. The summed E-state index contributed by atoms with van der Waals surface area (Å²) in [6, 6.07) is 18.6. The second-order valence-corrected chi connectivity index (χ2v) is 8.20. The average Bonchev–Trinajstić information content (AvgIpc) is 2.66. The van der Waals surface area contributed by atoms with Crippen molar-refractivity contribution in [1.82, 2.24) is 0 Å². The van der Waals surface area contributed by atoms with Crippen LogP contribution in [0.15, 0.2) is 77.7 Å². The van der Waals surface area contributed by atoms with Crippen molar-refractivity contribution in [2.45, 2.75) is 10.4 Å². The van der Waals surface area contributed by atoms with Gasteiger partial charge in [-0.3, -0.25) is 0 Å². The molecule has 0 fully saturated rings. The van der Waals surface area contributed by atoms with Crippen LogP contribution in [0.3, 0.4) is 0 Å². The molecule has 4 rings (SSSR count). The zero-order chi connectivity index (χ0) is 20.1. The van der Waals surface area contributed by atoms with Crippen LogP contribution in [0.4, 0.5) is 13.2 Å². The van der Waals surface area contributed by atoms with Gasteiger partial charge in [-0.15, -0.1) is 0 Å². The van der Waals surface area contributed by atoms with E-state index in [1.54, 1.807) is 54.6 Å². The number of aromatic hydroxyl groups is 1. The first-order chi connectivity index (χ1) is 13.2. The monoisotopic (exact) mass is 402 g/mol. The molecule has 0 amide bonds. The van der Waals surface area contributed by atoms with Crippen molar-refractivity contribution in [3.8, 4) is 16.9 Å². The van der Waals surface area contributed by atoms with Crippen molar-refractivity contribution >= 4 is 31.4 Å².